The van der Waals surface area contributed by atoms with E-state index in [9.17, 15) is 0 Å². The van der Waals surface area contributed by atoms with Gasteiger partial charge in [-0.25, -0.2) is 9.97 Å². The summed E-state index contributed by atoms with van der Waals surface area (Å²) in [5.41, 5.74) is 6.22. The van der Waals surface area contributed by atoms with E-state index in [2.05, 4.69) is 26.0 Å². The van der Waals surface area contributed by atoms with Gasteiger partial charge in [-0.15, -0.1) is 0 Å². The van der Waals surface area contributed by atoms with Crippen molar-refractivity contribution in [1.82, 2.24) is 24.7 Å². The first-order valence-electron chi connectivity index (χ1n) is 8.60. The number of anilines is 1. The van der Waals surface area contributed by atoms with E-state index < -0.39 is 0 Å². The topological polar surface area (TPSA) is 72.9 Å². The summed E-state index contributed by atoms with van der Waals surface area (Å²) < 4.78 is 7.40. The maximum Gasteiger partial charge on any atom is 0.231 e. The number of hydrogen-bond acceptors (Lipinski definition) is 6. The van der Waals surface area contributed by atoms with Gasteiger partial charge in [0.05, 0.1) is 17.3 Å². The van der Waals surface area contributed by atoms with Crippen molar-refractivity contribution in [3.8, 4) is 11.3 Å². The number of fused-ring (bicyclic) bond motifs is 2. The molecule has 0 unspecified atom stereocenters. The Morgan fingerprint density at radius 2 is 2.12 bits per heavy atom. The van der Waals surface area contributed by atoms with E-state index in [1.807, 2.05) is 30.9 Å². The highest BCUT2D eigenvalue weighted by molar-refractivity contribution is 5.89. The van der Waals surface area contributed by atoms with Gasteiger partial charge < -0.3 is 9.32 Å². The van der Waals surface area contributed by atoms with Gasteiger partial charge in [-0.3, -0.25) is 9.67 Å². The number of aryl methyl sites for hydroxylation is 2. The molecule has 0 N–H and O–H groups in total. The quantitative estimate of drug-likeness (QED) is 0.556. The van der Waals surface area contributed by atoms with Crippen LogP contribution in [0.25, 0.3) is 22.4 Å². The molecule has 0 atom stereocenters. The van der Waals surface area contributed by atoms with Gasteiger partial charge in [-0.1, -0.05) is 0 Å². The van der Waals surface area contributed by atoms with Gasteiger partial charge in [0.25, 0.3) is 0 Å². The highest BCUT2D eigenvalue weighted by Gasteiger charge is 2.23. The van der Waals surface area contributed by atoms with Gasteiger partial charge in [-0.2, -0.15) is 5.10 Å². The molecule has 0 bridgehead atoms. The summed E-state index contributed by atoms with van der Waals surface area (Å²) >= 11 is 0. The number of aromatic nitrogens is 5. The Bertz CT molecular complexity index is 1110. The molecule has 1 aliphatic rings. The lowest BCUT2D eigenvalue weighted by Gasteiger charge is -2.29. The fourth-order valence-electron chi connectivity index (χ4n) is 3.64. The lowest BCUT2D eigenvalue weighted by atomic mass is 10.0. The first kappa shape index (κ1) is 15.1. The number of rotatable bonds is 2. The van der Waals surface area contributed by atoms with Crippen LogP contribution in [0.3, 0.4) is 0 Å². The van der Waals surface area contributed by atoms with Crippen LogP contribution in [0, 0.1) is 6.92 Å². The zero-order valence-electron chi connectivity index (χ0n) is 14.7. The molecule has 7 nitrogen and oxygen atoms in total. The Hall–Kier alpha value is -3.22. The summed E-state index contributed by atoms with van der Waals surface area (Å²) in [4.78, 5) is 15.8. The molecule has 0 fully saturated rings. The molecule has 130 valence electrons. The van der Waals surface area contributed by atoms with Crippen LogP contribution in [0.15, 0.2) is 41.5 Å². The molecule has 4 aromatic rings. The van der Waals surface area contributed by atoms with E-state index in [-0.39, 0.29) is 0 Å². The lowest BCUT2D eigenvalue weighted by Crippen LogP contribution is -2.31. The molecule has 4 aromatic heterocycles. The lowest BCUT2D eigenvalue weighted by molar-refractivity contribution is 0.599. The summed E-state index contributed by atoms with van der Waals surface area (Å²) in [6.45, 7) is 3.67. The average molecular weight is 346 g/mol. The monoisotopic (exact) mass is 346 g/mol. The predicted octanol–water partition coefficient (Wildman–Crippen LogP) is 2.89. The van der Waals surface area contributed by atoms with Crippen LogP contribution in [0.4, 0.5) is 5.82 Å². The minimum atomic E-state index is 0.639. The molecule has 1 aliphatic heterocycles. The van der Waals surface area contributed by atoms with Gasteiger partial charge >= 0.3 is 0 Å². The third-order valence-corrected chi connectivity index (χ3v) is 4.99. The van der Waals surface area contributed by atoms with E-state index in [1.165, 1.54) is 5.56 Å². The maximum atomic E-state index is 5.53. The maximum absolute atomic E-state index is 5.53. The van der Waals surface area contributed by atoms with E-state index in [0.29, 0.717) is 5.71 Å². The zero-order valence-corrected chi connectivity index (χ0v) is 14.7. The second kappa shape index (κ2) is 5.66. The number of pyridine rings is 1. The van der Waals surface area contributed by atoms with Gasteiger partial charge in [0.15, 0.2) is 0 Å². The van der Waals surface area contributed by atoms with E-state index in [4.69, 9.17) is 9.40 Å². The van der Waals surface area contributed by atoms with Crippen molar-refractivity contribution in [2.24, 2.45) is 7.05 Å². The molecule has 0 amide bonds. The Kier molecular flexibility index (Phi) is 3.28. The smallest absolute Gasteiger partial charge is 0.231 e. The molecule has 5 rings (SSSR count). The van der Waals surface area contributed by atoms with Crippen LogP contribution in [0.1, 0.15) is 16.8 Å². The zero-order chi connectivity index (χ0) is 17.7. The molecular weight excluding hydrogens is 328 g/mol. The third-order valence-electron chi connectivity index (χ3n) is 4.99. The summed E-state index contributed by atoms with van der Waals surface area (Å²) in [5, 5.41) is 5.25. The van der Waals surface area contributed by atoms with Crippen LogP contribution in [0.2, 0.25) is 0 Å². The summed E-state index contributed by atoms with van der Waals surface area (Å²) in [5.74, 6) is 0.929. The van der Waals surface area contributed by atoms with Crippen LogP contribution >= 0.6 is 0 Å². The number of hydrogen-bond donors (Lipinski definition) is 0. The van der Waals surface area contributed by atoms with Crippen LogP contribution in [-0.4, -0.2) is 31.3 Å². The summed E-state index contributed by atoms with van der Waals surface area (Å²) in [6, 6.07) is 4.22. The fourth-order valence-corrected chi connectivity index (χ4v) is 3.64. The SMILES string of the molecule is Cc1coc2ncnc(N3CCc4ncc(-c5ccnn5C)cc4C3)c12. The molecule has 0 saturated heterocycles. The predicted molar refractivity (Wildman–Crippen MR) is 97.7 cm³/mol. The highest BCUT2D eigenvalue weighted by Crippen LogP contribution is 2.31. The van der Waals surface area contributed by atoms with Crippen molar-refractivity contribution >= 4 is 16.9 Å². The Labute approximate surface area is 150 Å². The van der Waals surface area contributed by atoms with Crippen LogP contribution in [-0.2, 0) is 20.0 Å². The second-order valence-corrected chi connectivity index (χ2v) is 6.64. The van der Waals surface area contributed by atoms with Crippen molar-refractivity contribution in [3.63, 3.8) is 0 Å². The molecule has 0 radical (unpaired) electrons. The first-order valence-corrected chi connectivity index (χ1v) is 8.60. The van der Waals surface area contributed by atoms with E-state index >= 15 is 0 Å². The van der Waals surface area contributed by atoms with E-state index in [0.717, 1.165) is 53.2 Å². The highest BCUT2D eigenvalue weighted by atomic mass is 16.3. The minimum Gasteiger partial charge on any atom is -0.446 e. The van der Waals surface area contributed by atoms with Crippen LogP contribution in [0.5, 0.6) is 0 Å². The van der Waals surface area contributed by atoms with Crippen LogP contribution < -0.4 is 4.90 Å². The van der Waals surface area contributed by atoms with Crippen molar-refractivity contribution in [2.75, 3.05) is 11.4 Å². The molecule has 0 aliphatic carbocycles. The Morgan fingerprint density at radius 1 is 1.19 bits per heavy atom. The normalized spacial score (nSPS) is 14.0. The number of nitrogens with zero attached hydrogens (tertiary/aromatic N) is 6. The molecule has 0 spiro atoms. The second-order valence-electron chi connectivity index (χ2n) is 6.64. The largest absolute Gasteiger partial charge is 0.446 e. The third kappa shape index (κ3) is 2.28. The standard InChI is InChI=1S/C19H18N6O/c1-12-10-26-19-17(12)18(21-11-22-19)25-6-4-15-14(9-25)7-13(8-20-15)16-3-5-23-24(16)2/h3,5,7-8,10-11H,4,6,9H2,1-2H3. The molecule has 0 saturated carbocycles. The molecule has 5 heterocycles. The Balaban J connectivity index is 1.55. The number of furan rings is 1. The van der Waals surface area contributed by atoms with Crippen molar-refractivity contribution in [1.29, 1.82) is 0 Å². The van der Waals surface area contributed by atoms with Gasteiger partial charge in [0, 0.05) is 55.8 Å². The van der Waals surface area contributed by atoms with Gasteiger partial charge in [-0.05, 0) is 24.6 Å². The first-order chi connectivity index (χ1) is 12.7. The Morgan fingerprint density at radius 3 is 2.96 bits per heavy atom. The van der Waals surface area contributed by atoms with Crippen molar-refractivity contribution in [2.45, 2.75) is 19.9 Å². The molecule has 0 aromatic carbocycles. The van der Waals surface area contributed by atoms with E-state index in [1.54, 1.807) is 18.8 Å². The van der Waals surface area contributed by atoms with Gasteiger partial charge in [0.2, 0.25) is 5.71 Å². The minimum absolute atomic E-state index is 0.639. The summed E-state index contributed by atoms with van der Waals surface area (Å²) in [6.07, 6.45) is 7.95. The molecule has 7 heteroatoms. The van der Waals surface area contributed by atoms with Crippen molar-refractivity contribution < 1.29 is 4.42 Å². The molecular formula is C19H18N6O. The van der Waals surface area contributed by atoms with Gasteiger partial charge in [0.1, 0.15) is 12.1 Å². The molecule has 26 heavy (non-hydrogen) atoms. The summed E-state index contributed by atoms with van der Waals surface area (Å²) in [7, 11) is 1.94. The van der Waals surface area contributed by atoms with Crippen molar-refractivity contribution in [3.05, 3.63) is 53.9 Å². The fraction of sp³-hybridized carbons (Fsp3) is 0.263. The average Bonchev–Trinajstić information content (AvgIpc) is 3.27.